The Morgan fingerprint density at radius 1 is 1.08 bits per heavy atom. The van der Waals surface area contributed by atoms with Crippen LogP contribution in [0.5, 0.6) is 0 Å². The van der Waals surface area contributed by atoms with E-state index in [1.54, 1.807) is 23.6 Å². The van der Waals surface area contributed by atoms with Gasteiger partial charge in [-0.1, -0.05) is 12.1 Å². The Bertz CT molecular complexity index is 1030. The summed E-state index contributed by atoms with van der Waals surface area (Å²) in [6, 6.07) is 11.3. The van der Waals surface area contributed by atoms with Gasteiger partial charge in [-0.15, -0.1) is 11.3 Å². The average Bonchev–Trinajstić information content (AvgIpc) is 3.19. The maximum atomic E-state index is 14.2. The summed E-state index contributed by atoms with van der Waals surface area (Å²) in [5.41, 5.74) is 2.14. The van der Waals surface area contributed by atoms with E-state index in [4.69, 9.17) is 0 Å². The van der Waals surface area contributed by atoms with Gasteiger partial charge in [-0.05, 0) is 37.1 Å². The van der Waals surface area contributed by atoms with Gasteiger partial charge in [-0.2, -0.15) is 0 Å². The fourth-order valence-electron chi connectivity index (χ4n) is 2.94. The highest BCUT2D eigenvalue weighted by Crippen LogP contribution is 2.43. The lowest BCUT2D eigenvalue weighted by atomic mass is 10.3. The van der Waals surface area contributed by atoms with Crippen molar-refractivity contribution in [3.63, 3.8) is 0 Å². The van der Waals surface area contributed by atoms with Crippen LogP contribution >= 0.6 is 11.3 Å². The van der Waals surface area contributed by atoms with Crippen molar-refractivity contribution in [2.45, 2.75) is 18.9 Å². The van der Waals surface area contributed by atoms with Crippen molar-refractivity contribution < 1.29 is 4.39 Å². The lowest BCUT2D eigenvalue weighted by Crippen LogP contribution is -1.96. The van der Waals surface area contributed by atoms with Crippen LogP contribution in [-0.4, -0.2) is 19.5 Å². The first kappa shape index (κ1) is 13.8. The lowest BCUT2D eigenvalue weighted by Gasteiger charge is -2.05. The molecule has 0 amide bonds. The predicted octanol–water partition coefficient (Wildman–Crippen LogP) is 4.70. The van der Waals surface area contributed by atoms with E-state index in [1.807, 2.05) is 30.5 Å². The topological polar surface area (TPSA) is 43.6 Å². The van der Waals surface area contributed by atoms with Crippen LogP contribution in [0.25, 0.3) is 32.4 Å². The number of hydrogen-bond donors (Lipinski definition) is 0. The maximum absolute atomic E-state index is 14.2. The fourth-order valence-corrected chi connectivity index (χ4v) is 3.82. The maximum Gasteiger partial charge on any atom is 0.153 e. The highest BCUT2D eigenvalue weighted by atomic mass is 32.1. The molecule has 0 N–H and O–H groups in total. The van der Waals surface area contributed by atoms with Crippen LogP contribution in [0.1, 0.15) is 18.9 Å². The summed E-state index contributed by atoms with van der Waals surface area (Å²) in [7, 11) is 0. The summed E-state index contributed by atoms with van der Waals surface area (Å²) >= 11 is 1.54. The molecule has 118 valence electrons. The molecule has 1 saturated carbocycles. The van der Waals surface area contributed by atoms with E-state index in [2.05, 4.69) is 19.5 Å². The van der Waals surface area contributed by atoms with Crippen LogP contribution in [0.3, 0.4) is 0 Å². The van der Waals surface area contributed by atoms with Gasteiger partial charge < -0.3 is 4.57 Å². The Balaban J connectivity index is 1.68. The Morgan fingerprint density at radius 2 is 2.00 bits per heavy atom. The van der Waals surface area contributed by atoms with Gasteiger partial charge in [0.2, 0.25) is 0 Å². The Morgan fingerprint density at radius 3 is 2.79 bits per heavy atom. The van der Waals surface area contributed by atoms with Crippen LogP contribution in [0, 0.1) is 5.82 Å². The SMILES string of the molecule is Fc1cccc2c1nc(-c1cnc(-c3ccccn3)s1)n2C1CC1. The van der Waals surface area contributed by atoms with Gasteiger partial charge in [-0.25, -0.2) is 14.4 Å². The highest BCUT2D eigenvalue weighted by Gasteiger charge is 2.30. The average molecular weight is 336 g/mol. The van der Waals surface area contributed by atoms with Crippen molar-refractivity contribution >= 4 is 22.4 Å². The van der Waals surface area contributed by atoms with Crippen molar-refractivity contribution in [3.05, 3.63) is 54.6 Å². The first-order valence-corrected chi connectivity index (χ1v) is 8.67. The normalized spacial score (nSPS) is 14.4. The Hall–Kier alpha value is -2.60. The van der Waals surface area contributed by atoms with E-state index in [-0.39, 0.29) is 5.82 Å². The van der Waals surface area contributed by atoms with E-state index in [1.165, 1.54) is 6.07 Å². The van der Waals surface area contributed by atoms with Crippen molar-refractivity contribution in [2.75, 3.05) is 0 Å². The van der Waals surface area contributed by atoms with E-state index >= 15 is 0 Å². The second kappa shape index (κ2) is 5.21. The Labute approximate surface area is 141 Å². The molecular formula is C18H13FN4S. The molecule has 4 nitrogen and oxygen atoms in total. The van der Waals surface area contributed by atoms with Crippen LogP contribution in [0.2, 0.25) is 0 Å². The van der Waals surface area contributed by atoms with Gasteiger partial charge in [-0.3, -0.25) is 4.98 Å². The number of thiazole rings is 1. The van der Waals surface area contributed by atoms with E-state index < -0.39 is 0 Å². The molecule has 1 aliphatic rings. The molecule has 0 saturated heterocycles. The second-order valence-electron chi connectivity index (χ2n) is 5.89. The van der Waals surface area contributed by atoms with Crippen molar-refractivity contribution in [2.24, 2.45) is 0 Å². The van der Waals surface area contributed by atoms with E-state index in [9.17, 15) is 4.39 Å². The molecule has 0 atom stereocenters. The minimum atomic E-state index is -0.275. The second-order valence-corrected chi connectivity index (χ2v) is 6.92. The number of pyridine rings is 1. The number of imidazole rings is 1. The van der Waals surface area contributed by atoms with Crippen LogP contribution in [0.4, 0.5) is 4.39 Å². The van der Waals surface area contributed by atoms with E-state index in [0.717, 1.165) is 39.8 Å². The van der Waals surface area contributed by atoms with E-state index in [0.29, 0.717) is 11.6 Å². The minimum absolute atomic E-state index is 0.275. The first-order valence-electron chi connectivity index (χ1n) is 7.85. The van der Waals surface area contributed by atoms with Gasteiger partial charge >= 0.3 is 0 Å². The summed E-state index contributed by atoms with van der Waals surface area (Å²) in [6.07, 6.45) is 5.79. The number of fused-ring (bicyclic) bond motifs is 1. The number of para-hydroxylation sites is 1. The molecular weight excluding hydrogens is 323 g/mol. The monoisotopic (exact) mass is 336 g/mol. The van der Waals surface area contributed by atoms with Crippen molar-refractivity contribution in [1.82, 2.24) is 19.5 Å². The molecule has 4 aromatic rings. The van der Waals surface area contributed by atoms with Gasteiger partial charge in [0.05, 0.1) is 16.1 Å². The quantitative estimate of drug-likeness (QED) is 0.545. The zero-order valence-corrected chi connectivity index (χ0v) is 13.5. The number of hydrogen-bond acceptors (Lipinski definition) is 4. The summed E-state index contributed by atoms with van der Waals surface area (Å²) in [4.78, 5) is 14.4. The zero-order chi connectivity index (χ0) is 16.1. The number of rotatable bonds is 3. The molecule has 1 fully saturated rings. The molecule has 0 radical (unpaired) electrons. The zero-order valence-electron chi connectivity index (χ0n) is 12.7. The number of benzene rings is 1. The molecule has 3 heterocycles. The summed E-state index contributed by atoms with van der Waals surface area (Å²) < 4.78 is 16.3. The van der Waals surface area contributed by atoms with Crippen molar-refractivity contribution in [3.8, 4) is 21.4 Å². The molecule has 0 spiro atoms. The molecule has 0 bridgehead atoms. The van der Waals surface area contributed by atoms with Gasteiger partial charge in [0.25, 0.3) is 0 Å². The van der Waals surface area contributed by atoms with Gasteiger partial charge in [0.15, 0.2) is 11.6 Å². The molecule has 0 aliphatic heterocycles. The third-order valence-electron chi connectivity index (χ3n) is 4.19. The molecule has 1 aliphatic carbocycles. The number of halogens is 1. The molecule has 1 aromatic carbocycles. The lowest BCUT2D eigenvalue weighted by molar-refractivity contribution is 0.637. The smallest absolute Gasteiger partial charge is 0.153 e. The van der Waals surface area contributed by atoms with Crippen molar-refractivity contribution in [1.29, 1.82) is 0 Å². The minimum Gasteiger partial charge on any atom is -0.320 e. The molecule has 24 heavy (non-hydrogen) atoms. The fraction of sp³-hybridized carbons (Fsp3) is 0.167. The van der Waals surface area contributed by atoms with Gasteiger partial charge in [0, 0.05) is 18.4 Å². The standard InChI is InChI=1S/C18H13FN4S/c19-12-4-3-6-14-16(12)22-17(23(14)11-7-8-11)15-10-21-18(24-15)13-5-1-2-9-20-13/h1-6,9-11H,7-8H2. The Kier molecular flexibility index (Phi) is 2.99. The highest BCUT2D eigenvalue weighted by molar-refractivity contribution is 7.18. The summed E-state index contributed by atoms with van der Waals surface area (Å²) in [5, 5.41) is 0.848. The van der Waals surface area contributed by atoms with Gasteiger partial charge in [0.1, 0.15) is 10.5 Å². The third-order valence-corrected chi connectivity index (χ3v) is 5.21. The molecule has 5 rings (SSSR count). The largest absolute Gasteiger partial charge is 0.320 e. The summed E-state index contributed by atoms with van der Waals surface area (Å²) in [5.74, 6) is 0.528. The molecule has 3 aromatic heterocycles. The third kappa shape index (κ3) is 2.14. The summed E-state index contributed by atoms with van der Waals surface area (Å²) in [6.45, 7) is 0. The molecule has 0 unspecified atom stereocenters. The van der Waals surface area contributed by atoms with Crippen LogP contribution in [0.15, 0.2) is 48.8 Å². The predicted molar refractivity (Wildman–Crippen MR) is 92.3 cm³/mol. The van der Waals surface area contributed by atoms with Crippen LogP contribution in [-0.2, 0) is 0 Å². The number of aromatic nitrogens is 4. The molecule has 6 heteroatoms. The van der Waals surface area contributed by atoms with Crippen LogP contribution < -0.4 is 0 Å². The first-order chi connectivity index (χ1) is 11.8. The number of nitrogens with zero attached hydrogens (tertiary/aromatic N) is 4.